The van der Waals surface area contributed by atoms with E-state index in [-0.39, 0.29) is 29.9 Å². The second kappa shape index (κ2) is 11.7. The normalized spacial score (nSPS) is 26.1. The zero-order valence-corrected chi connectivity index (χ0v) is 22.6. The van der Waals surface area contributed by atoms with E-state index in [1.807, 2.05) is 30.3 Å². The topological polar surface area (TPSA) is 107 Å². The maximum Gasteiger partial charge on any atom is 0.415 e. The van der Waals surface area contributed by atoms with Gasteiger partial charge in [0, 0.05) is 30.7 Å². The maximum absolute atomic E-state index is 14.3. The molecule has 0 radical (unpaired) electrons. The number of piperidine rings is 1. The zero-order valence-electron chi connectivity index (χ0n) is 21.9. The van der Waals surface area contributed by atoms with Crippen molar-refractivity contribution in [2.75, 3.05) is 20.1 Å². The van der Waals surface area contributed by atoms with Gasteiger partial charge in [0.25, 0.3) is 0 Å². The molecule has 0 saturated carbocycles. The van der Waals surface area contributed by atoms with Crippen LogP contribution in [0.1, 0.15) is 36.1 Å². The molecule has 8 nitrogen and oxygen atoms in total. The Labute approximate surface area is 237 Å². The number of carbonyl (C=O) groups is 2. The number of amides is 1. The second-order valence-electron chi connectivity index (χ2n) is 10.2. The summed E-state index contributed by atoms with van der Waals surface area (Å²) in [4.78, 5) is 33.5. The molecular weight excluding hydrogens is 533 g/mol. The molecule has 0 spiro atoms. The number of hydrogen-bond donors (Lipinski definition) is 2. The minimum absolute atomic E-state index is 0.181. The molecule has 206 valence electrons. The van der Waals surface area contributed by atoms with Crippen LogP contribution in [-0.4, -0.2) is 54.0 Å². The van der Waals surface area contributed by atoms with Gasteiger partial charge in [0.15, 0.2) is 5.78 Å². The van der Waals surface area contributed by atoms with Gasteiger partial charge in [-0.2, -0.15) is 5.26 Å². The van der Waals surface area contributed by atoms with Crippen molar-refractivity contribution in [2.24, 2.45) is 5.41 Å². The van der Waals surface area contributed by atoms with E-state index in [1.165, 1.54) is 29.2 Å². The average Bonchev–Trinajstić information content (AvgIpc) is 3.43. The van der Waals surface area contributed by atoms with Gasteiger partial charge in [-0.15, -0.1) is 0 Å². The fourth-order valence-electron chi connectivity index (χ4n) is 5.74. The Bertz CT molecular complexity index is 1400. The molecular formula is C30H29ClFN5O3. The van der Waals surface area contributed by atoms with Crippen LogP contribution in [0.15, 0.2) is 72.9 Å². The number of nitrogens with zero attached hydrogens (tertiary/aromatic N) is 3. The van der Waals surface area contributed by atoms with Crippen LogP contribution in [0.25, 0.3) is 0 Å². The van der Waals surface area contributed by atoms with Gasteiger partial charge in [-0.25, -0.2) is 9.18 Å². The summed E-state index contributed by atoms with van der Waals surface area (Å²) in [5.74, 6) is -0.809. The first-order valence-electron chi connectivity index (χ1n) is 13.1. The van der Waals surface area contributed by atoms with Gasteiger partial charge in [-0.3, -0.25) is 9.78 Å². The summed E-state index contributed by atoms with van der Waals surface area (Å²) in [6, 6.07) is 18.6. The Kier molecular flexibility index (Phi) is 8.12. The fourth-order valence-corrected chi connectivity index (χ4v) is 5.87. The lowest BCUT2D eigenvalue weighted by molar-refractivity contribution is -0.130. The van der Waals surface area contributed by atoms with E-state index < -0.39 is 29.4 Å². The largest absolute Gasteiger partial charge is 0.415 e. The summed E-state index contributed by atoms with van der Waals surface area (Å²) in [6.45, 7) is 0.876. The molecule has 3 aromatic rings. The molecule has 40 heavy (non-hydrogen) atoms. The number of carbonyl (C=O) groups excluding carboxylic acids is 2. The smallest absolute Gasteiger partial charge is 0.410 e. The van der Waals surface area contributed by atoms with Crippen LogP contribution in [0.2, 0.25) is 5.02 Å². The van der Waals surface area contributed by atoms with Crippen molar-refractivity contribution in [1.29, 1.82) is 5.26 Å². The van der Waals surface area contributed by atoms with Crippen LogP contribution >= 0.6 is 11.6 Å². The van der Waals surface area contributed by atoms with E-state index >= 15 is 0 Å². The highest BCUT2D eigenvalue weighted by atomic mass is 35.5. The molecule has 2 saturated heterocycles. The van der Waals surface area contributed by atoms with Gasteiger partial charge in [0.1, 0.15) is 17.0 Å². The minimum Gasteiger partial charge on any atom is -0.410 e. The van der Waals surface area contributed by atoms with E-state index in [9.17, 15) is 19.2 Å². The van der Waals surface area contributed by atoms with E-state index in [2.05, 4.69) is 21.7 Å². The molecule has 3 unspecified atom stereocenters. The molecule has 1 aromatic heterocycles. The van der Waals surface area contributed by atoms with Crippen molar-refractivity contribution < 1.29 is 18.7 Å². The first kappa shape index (κ1) is 27.7. The molecule has 0 aliphatic carbocycles. The molecule has 5 rings (SSSR count). The predicted octanol–water partition coefficient (Wildman–Crippen LogP) is 4.63. The third kappa shape index (κ3) is 5.56. The van der Waals surface area contributed by atoms with Crippen molar-refractivity contribution >= 4 is 23.5 Å². The van der Waals surface area contributed by atoms with E-state index in [4.69, 9.17) is 16.3 Å². The molecule has 5 atom stereocenters. The number of aromatic nitrogens is 1. The standard InChI is InChI=1S/C30H29ClFN5O3/c1-37(29(39)40-22-11-9-21(32)10-12-22)27-23(19-5-7-20(31)8-6-19)17-36-26(27)28(38)30(18-33)13-15-35-25(16-30)24-4-2-3-14-34-24/h2-12,14,23,25-27,35-36H,13,15-17H2,1H3/t23-,25?,26?,27-,30?/m0/s1. The van der Waals surface area contributed by atoms with E-state index in [0.717, 1.165) is 11.3 Å². The number of benzene rings is 2. The van der Waals surface area contributed by atoms with Gasteiger partial charge < -0.3 is 20.3 Å². The molecule has 3 heterocycles. The summed E-state index contributed by atoms with van der Waals surface area (Å²) in [6.07, 6.45) is 1.60. The number of likely N-dealkylation sites (N-methyl/N-ethyl adjacent to an activating group) is 1. The highest BCUT2D eigenvalue weighted by Crippen LogP contribution is 2.41. The summed E-state index contributed by atoms with van der Waals surface area (Å²) in [7, 11) is 1.57. The van der Waals surface area contributed by atoms with Crippen molar-refractivity contribution in [3.8, 4) is 11.8 Å². The van der Waals surface area contributed by atoms with Crippen molar-refractivity contribution in [2.45, 2.75) is 36.9 Å². The van der Waals surface area contributed by atoms with Gasteiger partial charge in [-0.05, 0) is 73.5 Å². The van der Waals surface area contributed by atoms with Crippen LogP contribution in [0.4, 0.5) is 9.18 Å². The third-order valence-corrected chi connectivity index (χ3v) is 8.12. The van der Waals surface area contributed by atoms with Crippen LogP contribution < -0.4 is 15.4 Å². The van der Waals surface area contributed by atoms with Gasteiger partial charge in [0.2, 0.25) is 0 Å². The summed E-state index contributed by atoms with van der Waals surface area (Å²) in [5, 5.41) is 17.7. The molecule has 2 aliphatic rings. The number of nitrogens with one attached hydrogen (secondary N) is 2. The number of halogens is 2. The zero-order chi connectivity index (χ0) is 28.3. The summed E-state index contributed by atoms with van der Waals surface area (Å²) < 4.78 is 18.9. The lowest BCUT2D eigenvalue weighted by Crippen LogP contribution is -2.56. The molecule has 0 bridgehead atoms. The van der Waals surface area contributed by atoms with Gasteiger partial charge >= 0.3 is 6.09 Å². The van der Waals surface area contributed by atoms with Gasteiger partial charge in [0.05, 0.1) is 29.9 Å². The average molecular weight is 562 g/mol. The molecule has 2 aliphatic heterocycles. The Morgan fingerprint density at radius 3 is 2.55 bits per heavy atom. The van der Waals surface area contributed by atoms with Crippen LogP contribution in [0.5, 0.6) is 5.75 Å². The second-order valence-corrected chi connectivity index (χ2v) is 10.7. The summed E-state index contributed by atoms with van der Waals surface area (Å²) >= 11 is 6.12. The summed E-state index contributed by atoms with van der Waals surface area (Å²) in [5.41, 5.74) is 0.380. The number of rotatable bonds is 6. The number of Topliss-reactive ketones (excluding diaryl/α,β-unsaturated/α-hetero) is 1. The molecule has 2 aromatic carbocycles. The lowest BCUT2D eigenvalue weighted by Gasteiger charge is -2.39. The third-order valence-electron chi connectivity index (χ3n) is 7.87. The molecule has 2 N–H and O–H groups in total. The number of ether oxygens (including phenoxy) is 1. The van der Waals surface area contributed by atoms with Gasteiger partial charge in [-0.1, -0.05) is 29.8 Å². The van der Waals surface area contributed by atoms with Crippen molar-refractivity contribution in [3.05, 3.63) is 95.0 Å². The Morgan fingerprint density at radius 2 is 1.88 bits per heavy atom. The van der Waals surface area contributed by atoms with Crippen LogP contribution in [-0.2, 0) is 4.79 Å². The number of nitriles is 1. The monoisotopic (exact) mass is 561 g/mol. The molecule has 2 fully saturated rings. The van der Waals surface area contributed by atoms with Crippen LogP contribution in [0, 0.1) is 22.6 Å². The first-order chi connectivity index (χ1) is 19.3. The first-order valence-corrected chi connectivity index (χ1v) is 13.5. The van der Waals surface area contributed by atoms with Crippen LogP contribution in [0.3, 0.4) is 0 Å². The van der Waals surface area contributed by atoms with Crippen molar-refractivity contribution in [1.82, 2.24) is 20.5 Å². The number of pyridine rings is 1. The Balaban J connectivity index is 1.45. The quantitative estimate of drug-likeness (QED) is 0.452. The lowest BCUT2D eigenvalue weighted by atomic mass is 9.70. The Hall–Kier alpha value is -3.84. The maximum atomic E-state index is 14.3. The minimum atomic E-state index is -1.28. The van der Waals surface area contributed by atoms with Crippen molar-refractivity contribution in [3.63, 3.8) is 0 Å². The van der Waals surface area contributed by atoms with E-state index in [0.29, 0.717) is 24.5 Å². The SMILES string of the molecule is CN(C(=O)Oc1ccc(F)cc1)[C@@H]1C(C(=O)C2(C#N)CCNC(c3ccccn3)C2)NC[C@H]1c1ccc(Cl)cc1. The highest BCUT2D eigenvalue weighted by Gasteiger charge is 2.53. The number of hydrogen-bond acceptors (Lipinski definition) is 7. The fraction of sp³-hybridized carbons (Fsp3) is 0.333. The highest BCUT2D eigenvalue weighted by molar-refractivity contribution is 6.30. The predicted molar refractivity (Wildman–Crippen MR) is 147 cm³/mol. The molecule has 10 heteroatoms. The van der Waals surface area contributed by atoms with E-state index in [1.54, 1.807) is 25.4 Å². The Morgan fingerprint density at radius 1 is 1.12 bits per heavy atom. The number of ketones is 1. The molecule has 1 amide bonds.